The van der Waals surface area contributed by atoms with Gasteiger partial charge in [-0.2, -0.15) is 0 Å². The number of alkyl halides is 1. The van der Waals surface area contributed by atoms with E-state index >= 15 is 0 Å². The van der Waals surface area contributed by atoms with Crippen LogP contribution < -0.4 is 5.32 Å². The third-order valence-corrected chi connectivity index (χ3v) is 7.42. The van der Waals surface area contributed by atoms with Crippen molar-refractivity contribution in [3.05, 3.63) is 48.1 Å². The van der Waals surface area contributed by atoms with Crippen LogP contribution in [0.5, 0.6) is 0 Å². The minimum Gasteiger partial charge on any atom is -0.344 e. The molecule has 2 aliphatic rings. The highest BCUT2D eigenvalue weighted by Gasteiger charge is 2.53. The summed E-state index contributed by atoms with van der Waals surface area (Å²) in [6, 6.07) is 0. The summed E-state index contributed by atoms with van der Waals surface area (Å²) in [5, 5.41) is 2.32. The maximum Gasteiger partial charge on any atom is 0.235 e. The summed E-state index contributed by atoms with van der Waals surface area (Å²) in [6.45, 7) is 3.50. The van der Waals surface area contributed by atoms with Gasteiger partial charge in [-0.05, 0) is 38.8 Å². The molecule has 1 saturated carbocycles. The van der Waals surface area contributed by atoms with Crippen molar-refractivity contribution in [3.63, 3.8) is 0 Å². The van der Waals surface area contributed by atoms with Gasteiger partial charge in [0.25, 0.3) is 0 Å². The zero-order valence-electron chi connectivity index (χ0n) is 15.1. The van der Waals surface area contributed by atoms with Crippen molar-refractivity contribution in [1.29, 1.82) is 0 Å². The number of rotatable bonds is 6. The predicted molar refractivity (Wildman–Crippen MR) is 104 cm³/mol. The molecule has 2 heterocycles. The first-order valence-corrected chi connectivity index (χ1v) is 10.6. The van der Waals surface area contributed by atoms with Gasteiger partial charge in [-0.3, -0.25) is 14.8 Å². The number of hydrogen-bond donors (Lipinski definition) is 1. The fourth-order valence-corrected chi connectivity index (χ4v) is 5.08. The van der Waals surface area contributed by atoms with Gasteiger partial charge in [-0.25, -0.2) is 13.4 Å². The van der Waals surface area contributed by atoms with Crippen molar-refractivity contribution in [1.82, 2.24) is 15.3 Å². The molecule has 9 heteroatoms. The first-order chi connectivity index (χ1) is 12.7. The lowest BCUT2D eigenvalue weighted by atomic mass is 10.0. The van der Waals surface area contributed by atoms with E-state index in [9.17, 15) is 13.2 Å². The first-order valence-electron chi connectivity index (χ1n) is 8.56. The van der Waals surface area contributed by atoms with Crippen LogP contribution >= 0.6 is 11.6 Å². The number of nitrogens with one attached hydrogen (secondary N) is 1. The van der Waals surface area contributed by atoms with Crippen molar-refractivity contribution in [2.75, 3.05) is 5.88 Å². The van der Waals surface area contributed by atoms with E-state index in [2.05, 4.69) is 20.3 Å². The molecule has 1 atom stereocenters. The molecular weight excluding hydrogens is 388 g/mol. The van der Waals surface area contributed by atoms with Gasteiger partial charge < -0.3 is 5.32 Å². The Morgan fingerprint density at radius 3 is 2.70 bits per heavy atom. The van der Waals surface area contributed by atoms with E-state index < -0.39 is 25.5 Å². The molecule has 0 aromatic carbocycles. The van der Waals surface area contributed by atoms with Crippen molar-refractivity contribution in [3.8, 4) is 0 Å². The number of aliphatic imine (C=N–C) groups is 1. The molecule has 7 nitrogen and oxygen atoms in total. The molecule has 1 unspecified atom stereocenters. The molecule has 1 aromatic heterocycles. The Hall–Kier alpha value is -2.06. The van der Waals surface area contributed by atoms with Crippen LogP contribution in [0.25, 0.3) is 0 Å². The molecule has 0 radical (unpaired) electrons. The molecule has 1 amide bonds. The van der Waals surface area contributed by atoms with Crippen molar-refractivity contribution in [2.45, 2.75) is 42.3 Å². The second-order valence-electron chi connectivity index (χ2n) is 7.06. The minimum absolute atomic E-state index is 0.185. The standard InChI is InChI=1S/C18H21ClN4O3S/c1-17(2,23-16(24)10-19)14-11-20-12-15(22-14)18(8-4-3-5-9-21-18)27(25,26)13-6-7-13/h3-5,8-9,11-13H,6-7,10H2,1-2H3,(H,23,24). The molecule has 1 aliphatic carbocycles. The van der Waals surface area contributed by atoms with Crippen LogP contribution in [0.1, 0.15) is 38.1 Å². The van der Waals surface area contributed by atoms with E-state index in [-0.39, 0.29) is 17.5 Å². The number of carbonyl (C=O) groups is 1. The van der Waals surface area contributed by atoms with Gasteiger partial charge in [0.2, 0.25) is 10.8 Å². The predicted octanol–water partition coefficient (Wildman–Crippen LogP) is 1.99. The lowest BCUT2D eigenvalue weighted by molar-refractivity contribution is -0.120. The molecule has 0 spiro atoms. The monoisotopic (exact) mass is 408 g/mol. The molecule has 1 N–H and O–H groups in total. The van der Waals surface area contributed by atoms with Crippen LogP contribution in [0.4, 0.5) is 0 Å². The third kappa shape index (κ3) is 3.68. The highest BCUT2D eigenvalue weighted by atomic mass is 35.5. The Morgan fingerprint density at radius 2 is 2.04 bits per heavy atom. The van der Waals surface area contributed by atoms with E-state index in [1.165, 1.54) is 18.6 Å². The zero-order chi connectivity index (χ0) is 19.7. The highest BCUT2D eigenvalue weighted by Crippen LogP contribution is 2.43. The number of hydrogen-bond acceptors (Lipinski definition) is 6. The Kier molecular flexibility index (Phi) is 5.22. The number of sulfone groups is 1. The number of amides is 1. The van der Waals surface area contributed by atoms with Crippen LogP contribution in [0.3, 0.4) is 0 Å². The van der Waals surface area contributed by atoms with Crippen LogP contribution in [0.15, 0.2) is 41.7 Å². The third-order valence-electron chi connectivity index (χ3n) is 4.51. The Bertz CT molecular complexity index is 918. The quantitative estimate of drug-likeness (QED) is 0.725. The van der Waals surface area contributed by atoms with Crippen molar-refractivity contribution < 1.29 is 13.2 Å². The largest absolute Gasteiger partial charge is 0.344 e. The summed E-state index contributed by atoms with van der Waals surface area (Å²) in [5.41, 5.74) is -0.253. The van der Waals surface area contributed by atoms with Gasteiger partial charge >= 0.3 is 0 Å². The topological polar surface area (TPSA) is 101 Å². The molecule has 144 valence electrons. The molecule has 0 saturated heterocycles. The maximum atomic E-state index is 13.3. The van der Waals surface area contributed by atoms with E-state index in [0.29, 0.717) is 18.5 Å². The smallest absolute Gasteiger partial charge is 0.235 e. The SMILES string of the molecule is CC(C)(NC(=O)CCl)c1cncc(C2(S(=O)(=O)C3CC3)C=CC=CC=N2)n1. The van der Waals surface area contributed by atoms with Gasteiger partial charge in [0, 0.05) is 6.21 Å². The van der Waals surface area contributed by atoms with Crippen molar-refractivity contribution in [2.24, 2.45) is 4.99 Å². The average Bonchev–Trinajstić information content (AvgIpc) is 3.48. The Balaban J connectivity index is 2.11. The molecule has 1 aliphatic heterocycles. The fourth-order valence-electron chi connectivity index (χ4n) is 2.88. The average molecular weight is 409 g/mol. The summed E-state index contributed by atoms with van der Waals surface area (Å²) in [4.78, 5) is 23.2. The number of halogens is 1. The first kappa shape index (κ1) is 19.7. The Morgan fingerprint density at radius 1 is 1.30 bits per heavy atom. The van der Waals surface area contributed by atoms with Crippen LogP contribution in [-0.4, -0.2) is 41.6 Å². The normalized spacial score (nSPS) is 22.5. The molecule has 0 bridgehead atoms. The lowest BCUT2D eigenvalue weighted by Crippen LogP contribution is -2.43. The van der Waals surface area contributed by atoms with Crippen LogP contribution in [0, 0.1) is 0 Å². The molecule has 3 rings (SSSR count). The second kappa shape index (κ2) is 7.16. The van der Waals surface area contributed by atoms with E-state index in [0.717, 1.165) is 0 Å². The summed E-state index contributed by atoms with van der Waals surface area (Å²) in [7, 11) is -3.65. The van der Waals surface area contributed by atoms with Gasteiger partial charge in [0.1, 0.15) is 11.6 Å². The number of allylic oxidation sites excluding steroid dienone is 3. The summed E-state index contributed by atoms with van der Waals surface area (Å²) < 4.78 is 26.5. The number of aromatic nitrogens is 2. The number of carbonyl (C=O) groups excluding carboxylic acids is 1. The molecule has 27 heavy (non-hydrogen) atoms. The number of nitrogens with zero attached hydrogens (tertiary/aromatic N) is 3. The highest BCUT2D eigenvalue weighted by molar-refractivity contribution is 7.93. The van der Waals surface area contributed by atoms with E-state index in [4.69, 9.17) is 11.6 Å². The van der Waals surface area contributed by atoms with Gasteiger partial charge in [-0.1, -0.05) is 12.2 Å². The summed E-state index contributed by atoms with van der Waals surface area (Å²) >= 11 is 5.58. The minimum atomic E-state index is -3.65. The molecule has 1 fully saturated rings. The van der Waals surface area contributed by atoms with Crippen LogP contribution in [0.2, 0.25) is 0 Å². The Labute approximate surface area is 163 Å². The van der Waals surface area contributed by atoms with E-state index in [1.807, 2.05) is 0 Å². The zero-order valence-corrected chi connectivity index (χ0v) is 16.7. The molecule has 1 aromatic rings. The lowest BCUT2D eigenvalue weighted by Gasteiger charge is -2.29. The van der Waals surface area contributed by atoms with Crippen molar-refractivity contribution >= 4 is 33.6 Å². The van der Waals surface area contributed by atoms with Crippen LogP contribution in [-0.2, 0) is 25.0 Å². The second-order valence-corrected chi connectivity index (χ2v) is 9.71. The van der Waals surface area contributed by atoms with Gasteiger partial charge in [0.15, 0.2) is 9.84 Å². The maximum absolute atomic E-state index is 13.3. The summed E-state index contributed by atoms with van der Waals surface area (Å²) in [6.07, 6.45) is 12.2. The summed E-state index contributed by atoms with van der Waals surface area (Å²) in [5.74, 6) is -0.541. The fraction of sp³-hybridized carbons (Fsp3) is 0.444. The molecular formula is C18H21ClN4O3S. The van der Waals surface area contributed by atoms with Gasteiger partial charge in [0.05, 0.1) is 28.9 Å². The van der Waals surface area contributed by atoms with Gasteiger partial charge in [-0.15, -0.1) is 11.6 Å². The van der Waals surface area contributed by atoms with E-state index in [1.54, 1.807) is 38.2 Å².